The van der Waals surface area contributed by atoms with Gasteiger partial charge in [0.05, 0.1) is 22.7 Å². The summed E-state index contributed by atoms with van der Waals surface area (Å²) in [6.07, 6.45) is 3.24. The smallest absolute Gasteiger partial charge is 0.307 e. The maximum atomic E-state index is 12.2. The summed E-state index contributed by atoms with van der Waals surface area (Å²) in [6, 6.07) is 14.3. The quantitative estimate of drug-likeness (QED) is 0.623. The van der Waals surface area contributed by atoms with Crippen molar-refractivity contribution in [3.63, 3.8) is 0 Å². The number of carboxylic acid groups (broad SMARTS) is 1. The van der Waals surface area contributed by atoms with E-state index in [4.69, 9.17) is 5.11 Å². The number of rotatable bonds is 5. The molecule has 0 saturated carbocycles. The number of carbonyl (C=O) groups excluding carboxylic acids is 1. The number of hydrogen-bond acceptors (Lipinski definition) is 7. The van der Waals surface area contributed by atoms with E-state index in [9.17, 15) is 9.59 Å². The van der Waals surface area contributed by atoms with Gasteiger partial charge in [-0.25, -0.2) is 9.67 Å². The number of benzene rings is 2. The minimum Gasteiger partial charge on any atom is -0.481 e. The Kier molecular flexibility index (Phi) is 5.16. The average Bonchev–Trinajstić information content (AvgIpc) is 3.34. The molecule has 1 saturated heterocycles. The van der Waals surface area contributed by atoms with Crippen LogP contribution in [0.3, 0.4) is 0 Å². The van der Waals surface area contributed by atoms with Gasteiger partial charge < -0.3 is 10.4 Å². The molecule has 9 nitrogen and oxygen atoms in total. The Morgan fingerprint density at radius 1 is 1.17 bits per heavy atom. The van der Waals surface area contributed by atoms with Gasteiger partial charge in [-0.05, 0) is 63.7 Å². The third-order valence-electron chi connectivity index (χ3n) is 3.98. The fraction of sp³-hybridized carbons (Fsp3) is 0.0526. The van der Waals surface area contributed by atoms with Crippen molar-refractivity contribution in [2.24, 2.45) is 4.99 Å². The summed E-state index contributed by atoms with van der Waals surface area (Å²) in [5.74, 6) is -1.11. The Morgan fingerprint density at radius 2 is 1.93 bits per heavy atom. The molecule has 0 spiro atoms. The van der Waals surface area contributed by atoms with Gasteiger partial charge in [0.25, 0.3) is 5.91 Å². The number of thioether (sulfide) groups is 1. The van der Waals surface area contributed by atoms with Gasteiger partial charge in [0.15, 0.2) is 5.17 Å². The molecule has 29 heavy (non-hydrogen) atoms. The predicted molar refractivity (Wildman–Crippen MR) is 108 cm³/mol. The highest BCUT2D eigenvalue weighted by molar-refractivity contribution is 8.18. The van der Waals surface area contributed by atoms with E-state index in [0.717, 1.165) is 11.3 Å². The standard InChI is InChI=1S/C19H14N6O3S/c26-17(27)10-13-1-5-14(6-2-13)21-19-22-18(28)16(29-19)9-12-3-7-15(8-4-12)25-11-20-23-24-25/h1-9,11H,10H2,(H,26,27)(H,21,22,28)/b16-9+. The number of aliphatic carboxylic acids is 1. The topological polar surface area (TPSA) is 122 Å². The summed E-state index contributed by atoms with van der Waals surface area (Å²) in [5.41, 5.74) is 3.00. The molecule has 1 aliphatic heterocycles. The van der Waals surface area contributed by atoms with Gasteiger partial charge >= 0.3 is 5.97 Å². The third-order valence-corrected chi connectivity index (χ3v) is 4.89. The fourth-order valence-corrected chi connectivity index (χ4v) is 3.46. The Labute approximate surface area is 169 Å². The van der Waals surface area contributed by atoms with Crippen LogP contribution in [0.15, 0.2) is 64.8 Å². The number of hydrogen-bond donors (Lipinski definition) is 2. The lowest BCUT2D eigenvalue weighted by Gasteiger charge is -2.00. The van der Waals surface area contributed by atoms with Crippen LogP contribution in [0, 0.1) is 0 Å². The Bertz CT molecular complexity index is 1110. The Morgan fingerprint density at radius 3 is 2.59 bits per heavy atom. The van der Waals surface area contributed by atoms with Crippen LogP contribution in [0.1, 0.15) is 11.1 Å². The summed E-state index contributed by atoms with van der Waals surface area (Å²) in [4.78, 5) is 27.9. The Balaban J connectivity index is 1.47. The molecule has 144 valence electrons. The van der Waals surface area contributed by atoms with Crippen LogP contribution in [-0.2, 0) is 16.0 Å². The summed E-state index contributed by atoms with van der Waals surface area (Å²) < 4.78 is 1.54. The van der Waals surface area contributed by atoms with Gasteiger partial charge in [-0.15, -0.1) is 5.10 Å². The second kappa shape index (κ2) is 8.07. The molecule has 0 radical (unpaired) electrons. The molecule has 1 fully saturated rings. The van der Waals surface area contributed by atoms with Crippen LogP contribution in [0.2, 0.25) is 0 Å². The van der Waals surface area contributed by atoms with Crippen molar-refractivity contribution in [2.45, 2.75) is 6.42 Å². The molecule has 0 atom stereocenters. The van der Waals surface area contributed by atoms with Crippen LogP contribution in [0.4, 0.5) is 5.69 Å². The number of nitrogens with one attached hydrogen (secondary N) is 1. The van der Waals surface area contributed by atoms with E-state index < -0.39 is 5.97 Å². The third kappa shape index (κ3) is 4.55. The molecule has 0 bridgehead atoms. The van der Waals surface area contributed by atoms with Crippen molar-refractivity contribution in [3.8, 4) is 5.69 Å². The SMILES string of the molecule is O=C(O)Cc1ccc(N=C2NC(=O)/C(=C\c3ccc(-n4cnnn4)cc3)S2)cc1. The molecule has 0 aliphatic carbocycles. The first-order valence-electron chi connectivity index (χ1n) is 8.50. The maximum absolute atomic E-state index is 12.2. The van der Waals surface area contributed by atoms with Gasteiger partial charge in [0.2, 0.25) is 0 Å². The number of amides is 1. The molecule has 4 rings (SSSR count). The van der Waals surface area contributed by atoms with E-state index in [0.29, 0.717) is 21.3 Å². The number of aromatic nitrogens is 4. The molecular weight excluding hydrogens is 392 g/mol. The van der Waals surface area contributed by atoms with Crippen molar-refractivity contribution in [2.75, 3.05) is 0 Å². The lowest BCUT2D eigenvalue weighted by Crippen LogP contribution is -2.19. The monoisotopic (exact) mass is 406 g/mol. The molecule has 1 aliphatic rings. The zero-order valence-corrected chi connectivity index (χ0v) is 15.7. The van der Waals surface area contributed by atoms with Gasteiger partial charge in [0, 0.05) is 0 Å². The molecule has 1 aromatic heterocycles. The molecular formula is C19H14N6O3S. The van der Waals surface area contributed by atoms with Gasteiger partial charge in [-0.1, -0.05) is 24.3 Å². The molecule has 2 aromatic carbocycles. The van der Waals surface area contributed by atoms with E-state index in [1.807, 2.05) is 24.3 Å². The minimum atomic E-state index is -0.886. The van der Waals surface area contributed by atoms with E-state index >= 15 is 0 Å². The number of amidine groups is 1. The molecule has 1 amide bonds. The molecule has 10 heteroatoms. The van der Waals surface area contributed by atoms with Crippen LogP contribution in [0.5, 0.6) is 0 Å². The van der Waals surface area contributed by atoms with Crippen molar-refractivity contribution < 1.29 is 14.7 Å². The highest BCUT2D eigenvalue weighted by Gasteiger charge is 2.23. The van der Waals surface area contributed by atoms with Crippen molar-refractivity contribution in [3.05, 3.63) is 70.9 Å². The summed E-state index contributed by atoms with van der Waals surface area (Å²) in [5, 5.41) is 23.0. The summed E-state index contributed by atoms with van der Waals surface area (Å²) in [7, 11) is 0. The number of carboxylic acids is 1. The first-order valence-corrected chi connectivity index (χ1v) is 9.32. The van der Waals surface area contributed by atoms with Crippen LogP contribution >= 0.6 is 11.8 Å². The summed E-state index contributed by atoms with van der Waals surface area (Å²) in [6.45, 7) is 0. The largest absolute Gasteiger partial charge is 0.481 e. The first kappa shape index (κ1) is 18.6. The summed E-state index contributed by atoms with van der Waals surface area (Å²) >= 11 is 1.24. The van der Waals surface area contributed by atoms with Gasteiger partial charge in [-0.2, -0.15) is 0 Å². The maximum Gasteiger partial charge on any atom is 0.307 e. The second-order valence-corrected chi connectivity index (χ2v) is 7.10. The van der Waals surface area contributed by atoms with E-state index in [-0.39, 0.29) is 12.3 Å². The van der Waals surface area contributed by atoms with Crippen molar-refractivity contribution >= 4 is 40.6 Å². The second-order valence-electron chi connectivity index (χ2n) is 6.06. The lowest BCUT2D eigenvalue weighted by molar-refractivity contribution is -0.136. The van der Waals surface area contributed by atoms with E-state index in [1.54, 1.807) is 35.0 Å². The number of nitrogens with zero attached hydrogens (tertiary/aromatic N) is 5. The minimum absolute atomic E-state index is 0.0402. The highest BCUT2D eigenvalue weighted by atomic mass is 32.2. The predicted octanol–water partition coefficient (Wildman–Crippen LogP) is 2.18. The number of carbonyl (C=O) groups is 2. The average molecular weight is 406 g/mol. The zero-order valence-electron chi connectivity index (χ0n) is 14.9. The van der Waals surface area contributed by atoms with E-state index in [2.05, 4.69) is 25.8 Å². The molecule has 0 unspecified atom stereocenters. The van der Waals surface area contributed by atoms with Crippen LogP contribution < -0.4 is 5.32 Å². The van der Waals surface area contributed by atoms with E-state index in [1.165, 1.54) is 18.1 Å². The van der Waals surface area contributed by atoms with Crippen LogP contribution in [-0.4, -0.2) is 42.4 Å². The van der Waals surface area contributed by atoms with Crippen LogP contribution in [0.25, 0.3) is 11.8 Å². The van der Waals surface area contributed by atoms with Crippen molar-refractivity contribution in [1.29, 1.82) is 0 Å². The van der Waals surface area contributed by atoms with Crippen molar-refractivity contribution in [1.82, 2.24) is 25.5 Å². The molecule has 2 N–H and O–H groups in total. The molecule has 2 heterocycles. The zero-order chi connectivity index (χ0) is 20.2. The highest BCUT2D eigenvalue weighted by Crippen LogP contribution is 2.28. The van der Waals surface area contributed by atoms with Gasteiger partial charge in [-0.3, -0.25) is 9.59 Å². The number of tetrazole rings is 1. The van der Waals surface area contributed by atoms with Gasteiger partial charge in [0.1, 0.15) is 6.33 Å². The normalized spacial score (nSPS) is 16.3. The Hall–Kier alpha value is -3.79. The lowest BCUT2D eigenvalue weighted by atomic mass is 10.1. The fourth-order valence-electron chi connectivity index (χ4n) is 2.61. The number of aliphatic imine (C=N–C) groups is 1. The first-order chi connectivity index (χ1) is 14.1. The molecule has 3 aromatic rings.